The third-order valence-corrected chi connectivity index (χ3v) is 2.30. The lowest BCUT2D eigenvalue weighted by molar-refractivity contribution is -0.136. The molecule has 0 bridgehead atoms. The Kier molecular flexibility index (Phi) is 3.66. The third-order valence-electron chi connectivity index (χ3n) is 2.30. The van der Waals surface area contributed by atoms with E-state index in [1.807, 2.05) is 19.9 Å². The lowest BCUT2D eigenvalue weighted by Gasteiger charge is -1.98. The first-order valence-corrected chi connectivity index (χ1v) is 4.93. The van der Waals surface area contributed by atoms with Crippen molar-refractivity contribution in [3.05, 3.63) is 23.0 Å². The van der Waals surface area contributed by atoms with E-state index in [2.05, 4.69) is 4.98 Å². The normalized spacial score (nSPS) is 10.6. The first-order valence-electron chi connectivity index (χ1n) is 4.93. The van der Waals surface area contributed by atoms with E-state index in [-0.39, 0.29) is 6.42 Å². The predicted octanol–water partition coefficient (Wildman–Crippen LogP) is 1.97. The zero-order chi connectivity index (χ0) is 11.4. The lowest BCUT2D eigenvalue weighted by atomic mass is 10.1. The van der Waals surface area contributed by atoms with Gasteiger partial charge >= 0.3 is 5.97 Å². The van der Waals surface area contributed by atoms with E-state index < -0.39 is 5.97 Å². The minimum Gasteiger partial charge on any atom is -0.481 e. The minimum atomic E-state index is -0.848. The fourth-order valence-electron chi connectivity index (χ4n) is 1.40. The van der Waals surface area contributed by atoms with Gasteiger partial charge in [-0.15, -0.1) is 0 Å². The molecule has 0 saturated carbocycles. The van der Waals surface area contributed by atoms with Gasteiger partial charge in [0.15, 0.2) is 6.29 Å². The Labute approximate surface area is 88.3 Å². The number of aromatic amines is 1. The molecule has 0 radical (unpaired) electrons. The molecule has 0 saturated heterocycles. The van der Waals surface area contributed by atoms with Crippen molar-refractivity contribution in [3.8, 4) is 0 Å². The van der Waals surface area contributed by atoms with Crippen LogP contribution in [-0.4, -0.2) is 22.3 Å². The summed E-state index contributed by atoms with van der Waals surface area (Å²) in [7, 11) is 0. The van der Waals surface area contributed by atoms with Gasteiger partial charge in [-0.2, -0.15) is 0 Å². The van der Waals surface area contributed by atoms with Crippen molar-refractivity contribution in [1.29, 1.82) is 0 Å². The second-order valence-corrected chi connectivity index (χ2v) is 3.83. The van der Waals surface area contributed by atoms with E-state index in [0.29, 0.717) is 18.0 Å². The number of nitrogens with one attached hydrogen (secondary N) is 1. The van der Waals surface area contributed by atoms with Gasteiger partial charge in [0.2, 0.25) is 0 Å². The number of aryl methyl sites for hydroxylation is 1. The van der Waals surface area contributed by atoms with E-state index >= 15 is 0 Å². The summed E-state index contributed by atoms with van der Waals surface area (Å²) in [6, 6.07) is 1.87. The van der Waals surface area contributed by atoms with Crippen molar-refractivity contribution < 1.29 is 14.7 Å². The molecule has 0 aliphatic heterocycles. The van der Waals surface area contributed by atoms with Crippen LogP contribution in [0.4, 0.5) is 0 Å². The average Bonchev–Trinajstić information content (AvgIpc) is 2.57. The van der Waals surface area contributed by atoms with Crippen molar-refractivity contribution >= 4 is 12.3 Å². The second kappa shape index (κ2) is 4.77. The van der Waals surface area contributed by atoms with Gasteiger partial charge in [-0.3, -0.25) is 9.59 Å². The molecule has 0 unspecified atom stereocenters. The highest BCUT2D eigenvalue weighted by molar-refractivity contribution is 5.75. The number of aldehydes is 1. The molecule has 4 nitrogen and oxygen atoms in total. The molecule has 1 heterocycles. The van der Waals surface area contributed by atoms with Crippen molar-refractivity contribution in [2.75, 3.05) is 0 Å². The number of carboxylic acids is 1. The molecule has 4 heteroatoms. The van der Waals surface area contributed by atoms with Gasteiger partial charge in [0.05, 0.1) is 5.69 Å². The Hall–Kier alpha value is -1.58. The van der Waals surface area contributed by atoms with Crippen LogP contribution >= 0.6 is 0 Å². The van der Waals surface area contributed by atoms with E-state index in [9.17, 15) is 9.59 Å². The smallest absolute Gasteiger partial charge is 0.303 e. The molecule has 15 heavy (non-hydrogen) atoms. The van der Waals surface area contributed by atoms with E-state index in [1.165, 1.54) is 0 Å². The Morgan fingerprint density at radius 1 is 1.60 bits per heavy atom. The molecule has 1 aromatic heterocycles. The van der Waals surface area contributed by atoms with Crippen LogP contribution in [0.5, 0.6) is 0 Å². The van der Waals surface area contributed by atoms with Gasteiger partial charge < -0.3 is 10.1 Å². The molecular weight excluding hydrogens is 194 g/mol. The highest BCUT2D eigenvalue weighted by Crippen LogP contribution is 2.18. The van der Waals surface area contributed by atoms with Gasteiger partial charge in [0.1, 0.15) is 0 Å². The molecule has 1 rings (SSSR count). The number of H-pyrrole nitrogens is 1. The molecule has 0 spiro atoms. The molecule has 1 aromatic rings. The number of carboxylic acid groups (broad SMARTS) is 1. The van der Waals surface area contributed by atoms with Gasteiger partial charge in [-0.25, -0.2) is 0 Å². The molecule has 0 aliphatic rings. The van der Waals surface area contributed by atoms with Crippen LogP contribution in [-0.2, 0) is 11.2 Å². The maximum absolute atomic E-state index is 10.7. The molecule has 0 aliphatic carbocycles. The van der Waals surface area contributed by atoms with Crippen LogP contribution in [0.1, 0.15) is 47.9 Å². The van der Waals surface area contributed by atoms with Crippen molar-refractivity contribution in [3.63, 3.8) is 0 Å². The summed E-state index contributed by atoms with van der Waals surface area (Å²) < 4.78 is 0. The number of hydrogen-bond acceptors (Lipinski definition) is 2. The average molecular weight is 209 g/mol. The predicted molar refractivity (Wildman–Crippen MR) is 56.2 cm³/mol. The Morgan fingerprint density at radius 2 is 2.27 bits per heavy atom. The minimum absolute atomic E-state index is 0.0518. The van der Waals surface area contributed by atoms with E-state index in [4.69, 9.17) is 5.11 Å². The highest BCUT2D eigenvalue weighted by Gasteiger charge is 2.10. The number of aromatic nitrogens is 1. The number of aliphatic carboxylic acids is 1. The van der Waals surface area contributed by atoms with Crippen LogP contribution in [0.15, 0.2) is 6.07 Å². The topological polar surface area (TPSA) is 70.2 Å². The van der Waals surface area contributed by atoms with Crippen molar-refractivity contribution in [2.24, 2.45) is 0 Å². The summed E-state index contributed by atoms with van der Waals surface area (Å²) in [6.07, 6.45) is 1.19. The molecule has 0 atom stereocenters. The number of rotatable bonds is 5. The first kappa shape index (κ1) is 11.5. The van der Waals surface area contributed by atoms with Gasteiger partial charge in [0, 0.05) is 12.1 Å². The van der Waals surface area contributed by atoms with Gasteiger partial charge in [-0.1, -0.05) is 13.8 Å². The Morgan fingerprint density at radius 3 is 2.73 bits per heavy atom. The summed E-state index contributed by atoms with van der Waals surface area (Å²) in [6.45, 7) is 4.03. The lowest BCUT2D eigenvalue weighted by Crippen LogP contribution is -1.98. The molecule has 0 aromatic carbocycles. The van der Waals surface area contributed by atoms with Crippen LogP contribution in [0.25, 0.3) is 0 Å². The summed E-state index contributed by atoms with van der Waals surface area (Å²) >= 11 is 0. The molecule has 82 valence electrons. The quantitative estimate of drug-likeness (QED) is 0.728. The molecule has 0 fully saturated rings. The summed E-state index contributed by atoms with van der Waals surface area (Å²) in [4.78, 5) is 24.1. The zero-order valence-corrected chi connectivity index (χ0v) is 8.91. The summed E-state index contributed by atoms with van der Waals surface area (Å²) in [5.74, 6) is -0.540. The van der Waals surface area contributed by atoms with Crippen LogP contribution in [0.2, 0.25) is 0 Å². The van der Waals surface area contributed by atoms with Gasteiger partial charge in [0.25, 0.3) is 0 Å². The highest BCUT2D eigenvalue weighted by atomic mass is 16.4. The molecular formula is C11H15NO3. The van der Waals surface area contributed by atoms with Crippen LogP contribution < -0.4 is 0 Å². The summed E-state index contributed by atoms with van der Waals surface area (Å²) in [5.41, 5.74) is 2.26. The monoisotopic (exact) mass is 209 g/mol. The Bertz CT molecular complexity index is 366. The standard InChI is InChI=1S/C11H15NO3/c1-7(2)9-5-8(3-4-11(14)15)10(6-13)12-9/h5-7,12H,3-4H2,1-2H3,(H,14,15). The zero-order valence-electron chi connectivity index (χ0n) is 8.91. The number of carbonyl (C=O) groups excluding carboxylic acids is 1. The van der Waals surface area contributed by atoms with Crippen molar-refractivity contribution in [2.45, 2.75) is 32.6 Å². The van der Waals surface area contributed by atoms with E-state index in [1.54, 1.807) is 0 Å². The number of hydrogen-bond donors (Lipinski definition) is 2. The maximum Gasteiger partial charge on any atom is 0.303 e. The van der Waals surface area contributed by atoms with E-state index in [0.717, 1.165) is 17.5 Å². The van der Waals surface area contributed by atoms with Crippen LogP contribution in [0.3, 0.4) is 0 Å². The largest absolute Gasteiger partial charge is 0.481 e. The second-order valence-electron chi connectivity index (χ2n) is 3.83. The van der Waals surface area contributed by atoms with Crippen LogP contribution in [0, 0.1) is 0 Å². The Balaban J connectivity index is 2.85. The SMILES string of the molecule is CC(C)c1cc(CCC(=O)O)c(C=O)[nH]1. The maximum atomic E-state index is 10.7. The van der Waals surface area contributed by atoms with Crippen molar-refractivity contribution in [1.82, 2.24) is 4.98 Å². The fourth-order valence-corrected chi connectivity index (χ4v) is 1.40. The van der Waals surface area contributed by atoms with Gasteiger partial charge in [-0.05, 0) is 24.0 Å². The number of carbonyl (C=O) groups is 2. The molecule has 2 N–H and O–H groups in total. The summed E-state index contributed by atoms with van der Waals surface area (Å²) in [5, 5.41) is 8.56. The molecule has 0 amide bonds. The third kappa shape index (κ3) is 2.94. The first-order chi connectivity index (χ1) is 7.04. The fraction of sp³-hybridized carbons (Fsp3) is 0.455.